The molecule has 4 N–H and O–H groups in total. The highest BCUT2D eigenvalue weighted by molar-refractivity contribution is 5.80. The Bertz CT molecular complexity index is 484. The van der Waals surface area contributed by atoms with E-state index in [9.17, 15) is 20.1 Å². The van der Waals surface area contributed by atoms with Crippen LogP contribution in [-0.2, 0) is 4.74 Å². The van der Waals surface area contributed by atoms with E-state index >= 15 is 0 Å². The summed E-state index contributed by atoms with van der Waals surface area (Å²) >= 11 is 0. The number of hydrogen-bond acceptors (Lipinski definition) is 6. The van der Waals surface area contributed by atoms with Gasteiger partial charge in [0.1, 0.15) is 12.0 Å². The van der Waals surface area contributed by atoms with Crippen LogP contribution in [0.15, 0.2) is 12.1 Å². The van der Waals surface area contributed by atoms with Crippen LogP contribution in [-0.4, -0.2) is 47.0 Å². The summed E-state index contributed by atoms with van der Waals surface area (Å²) in [7, 11) is 0. The van der Waals surface area contributed by atoms with Crippen LogP contribution in [0.2, 0.25) is 0 Å². The van der Waals surface area contributed by atoms with E-state index in [0.29, 0.717) is 11.8 Å². The molecule has 0 bridgehead atoms. The Labute approximate surface area is 110 Å². The Balaban J connectivity index is 2.34. The van der Waals surface area contributed by atoms with E-state index < -0.39 is 11.8 Å². The number of ether oxygens (including phenoxy) is 1. The molecule has 2 rings (SSSR count). The minimum atomic E-state index is -0.928. The predicted molar refractivity (Wildman–Crippen MR) is 67.0 cm³/mol. The van der Waals surface area contributed by atoms with Gasteiger partial charge in [0, 0.05) is 5.56 Å². The molecule has 6 heteroatoms. The number of aliphatic hydroxyl groups excluding tert-OH is 2. The molecule has 1 saturated heterocycles. The molecule has 1 aromatic carbocycles. The molecule has 19 heavy (non-hydrogen) atoms. The van der Waals surface area contributed by atoms with Gasteiger partial charge in [-0.2, -0.15) is 0 Å². The minimum absolute atomic E-state index is 0.120. The van der Waals surface area contributed by atoms with Gasteiger partial charge in [0.25, 0.3) is 0 Å². The molecule has 0 radical (unpaired) electrons. The number of aryl methyl sites for hydroxylation is 1. The van der Waals surface area contributed by atoms with E-state index in [0.717, 1.165) is 5.56 Å². The molecule has 1 heterocycles. The lowest BCUT2D eigenvalue weighted by Gasteiger charge is -2.23. The van der Waals surface area contributed by atoms with Crippen molar-refractivity contribution < 1.29 is 24.9 Å². The number of benzene rings is 1. The van der Waals surface area contributed by atoms with Crippen LogP contribution in [0.4, 0.5) is 0 Å². The topological polar surface area (TPSA) is 99.0 Å². The molecule has 1 aromatic rings. The molecule has 0 spiro atoms. The molecule has 0 unspecified atom stereocenters. The van der Waals surface area contributed by atoms with Crippen LogP contribution in [0.1, 0.15) is 27.7 Å². The molecule has 0 amide bonds. The number of aromatic hydroxyl groups is 1. The first-order valence-electron chi connectivity index (χ1n) is 5.95. The van der Waals surface area contributed by atoms with Gasteiger partial charge in [0.05, 0.1) is 30.9 Å². The summed E-state index contributed by atoms with van der Waals surface area (Å²) in [5.74, 6) is -0.148. The summed E-state index contributed by atoms with van der Waals surface area (Å²) in [5.41, 5.74) is 0.491. The highest BCUT2D eigenvalue weighted by Crippen LogP contribution is 2.34. The largest absolute Gasteiger partial charge is 0.507 e. The zero-order valence-electron chi connectivity index (χ0n) is 10.6. The number of aldehydes is 1. The van der Waals surface area contributed by atoms with Gasteiger partial charge in [-0.3, -0.25) is 10.1 Å². The van der Waals surface area contributed by atoms with Gasteiger partial charge < -0.3 is 20.1 Å². The summed E-state index contributed by atoms with van der Waals surface area (Å²) in [6, 6.07) is 3.27. The molecule has 0 aliphatic carbocycles. The highest BCUT2D eigenvalue weighted by atomic mass is 16.5. The van der Waals surface area contributed by atoms with Crippen molar-refractivity contribution in [2.75, 3.05) is 19.8 Å². The van der Waals surface area contributed by atoms with E-state index in [1.807, 2.05) is 0 Å². The van der Waals surface area contributed by atoms with Gasteiger partial charge in [-0.15, -0.1) is 0 Å². The van der Waals surface area contributed by atoms with Crippen LogP contribution in [0.3, 0.4) is 0 Å². The van der Waals surface area contributed by atoms with Gasteiger partial charge in [-0.25, -0.2) is 0 Å². The molecule has 0 saturated carbocycles. The fourth-order valence-corrected chi connectivity index (χ4v) is 2.13. The highest BCUT2D eigenvalue weighted by Gasteiger charge is 2.40. The Morgan fingerprint density at radius 1 is 1.47 bits per heavy atom. The number of nitrogens with one attached hydrogen (secondary N) is 1. The second-order valence-electron chi connectivity index (χ2n) is 4.84. The number of rotatable bonds is 4. The number of hydrogen-bond donors (Lipinski definition) is 4. The van der Waals surface area contributed by atoms with E-state index in [-0.39, 0.29) is 31.1 Å². The lowest BCUT2D eigenvalue weighted by molar-refractivity contribution is 0.0752. The van der Waals surface area contributed by atoms with Crippen molar-refractivity contribution in [2.45, 2.75) is 18.7 Å². The Hall–Kier alpha value is -1.47. The van der Waals surface area contributed by atoms with Crippen LogP contribution in [0.5, 0.6) is 5.75 Å². The monoisotopic (exact) mass is 267 g/mol. The smallest absolute Gasteiger partial charge is 0.153 e. The number of aliphatic hydroxyl groups is 2. The molecular formula is C13H17NO5. The average molecular weight is 267 g/mol. The fraction of sp³-hybridized carbons (Fsp3) is 0.462. The first kappa shape index (κ1) is 14.0. The van der Waals surface area contributed by atoms with Crippen LogP contribution >= 0.6 is 0 Å². The quantitative estimate of drug-likeness (QED) is 0.566. The van der Waals surface area contributed by atoms with Gasteiger partial charge in [-0.1, -0.05) is 0 Å². The number of phenols is 1. The number of carbonyl (C=O) groups is 1. The molecule has 1 atom stereocenters. The van der Waals surface area contributed by atoms with Gasteiger partial charge in [0.2, 0.25) is 0 Å². The van der Waals surface area contributed by atoms with Crippen molar-refractivity contribution in [2.24, 2.45) is 0 Å². The van der Waals surface area contributed by atoms with Crippen molar-refractivity contribution in [1.82, 2.24) is 5.32 Å². The third kappa shape index (κ3) is 2.48. The maximum absolute atomic E-state index is 10.9. The number of carbonyl (C=O) groups excluding carboxylic acids is 1. The van der Waals surface area contributed by atoms with E-state index in [4.69, 9.17) is 4.74 Å². The molecule has 6 nitrogen and oxygen atoms in total. The Morgan fingerprint density at radius 2 is 2.16 bits per heavy atom. The van der Waals surface area contributed by atoms with Crippen LogP contribution < -0.4 is 5.32 Å². The summed E-state index contributed by atoms with van der Waals surface area (Å²) in [4.78, 5) is 10.9. The van der Waals surface area contributed by atoms with E-state index in [2.05, 4.69) is 5.32 Å². The first-order chi connectivity index (χ1) is 9.05. The predicted octanol–water partition coefficient (Wildman–Crippen LogP) is -0.145. The maximum atomic E-state index is 10.9. The van der Waals surface area contributed by atoms with Crippen molar-refractivity contribution in [3.05, 3.63) is 28.8 Å². The van der Waals surface area contributed by atoms with Gasteiger partial charge in [0.15, 0.2) is 6.29 Å². The van der Waals surface area contributed by atoms with Crippen molar-refractivity contribution in [3.63, 3.8) is 0 Å². The SMILES string of the molecule is Cc1cc(C=O)c(O)c([C@H]2NC(CO)(CO)CO2)c1. The van der Waals surface area contributed by atoms with Gasteiger partial charge >= 0.3 is 0 Å². The van der Waals surface area contributed by atoms with Crippen LogP contribution in [0.25, 0.3) is 0 Å². The first-order valence-corrected chi connectivity index (χ1v) is 5.95. The second-order valence-corrected chi connectivity index (χ2v) is 4.84. The maximum Gasteiger partial charge on any atom is 0.153 e. The van der Waals surface area contributed by atoms with Crippen molar-refractivity contribution in [3.8, 4) is 5.75 Å². The average Bonchev–Trinajstić information content (AvgIpc) is 2.86. The van der Waals surface area contributed by atoms with Crippen molar-refractivity contribution in [1.29, 1.82) is 0 Å². The summed E-state index contributed by atoms with van der Waals surface area (Å²) in [6.07, 6.45) is -0.0931. The van der Waals surface area contributed by atoms with E-state index in [1.54, 1.807) is 19.1 Å². The molecule has 1 fully saturated rings. The lowest BCUT2D eigenvalue weighted by Crippen LogP contribution is -2.49. The van der Waals surface area contributed by atoms with Gasteiger partial charge in [-0.05, 0) is 24.6 Å². The Kier molecular flexibility index (Phi) is 3.86. The fourth-order valence-electron chi connectivity index (χ4n) is 2.13. The van der Waals surface area contributed by atoms with Crippen molar-refractivity contribution >= 4 is 6.29 Å². The Morgan fingerprint density at radius 3 is 2.68 bits per heavy atom. The second kappa shape index (κ2) is 5.26. The summed E-state index contributed by atoms with van der Waals surface area (Å²) < 4.78 is 5.47. The van der Waals surface area contributed by atoms with Crippen LogP contribution in [0, 0.1) is 6.92 Å². The third-order valence-corrected chi connectivity index (χ3v) is 3.29. The molecule has 0 aromatic heterocycles. The molecule has 1 aliphatic heterocycles. The minimum Gasteiger partial charge on any atom is -0.507 e. The molecule has 1 aliphatic rings. The zero-order valence-corrected chi connectivity index (χ0v) is 10.6. The lowest BCUT2D eigenvalue weighted by atomic mass is 10.0. The standard InChI is InChI=1S/C13H17NO5/c1-8-2-9(4-15)11(18)10(3-8)12-14-13(5-16,6-17)7-19-12/h2-4,12,14,16-18H,5-7H2,1H3/t12-/m0/s1. The third-order valence-electron chi connectivity index (χ3n) is 3.29. The number of phenolic OH excluding ortho intramolecular Hbond substituents is 1. The van der Waals surface area contributed by atoms with E-state index in [1.165, 1.54) is 0 Å². The zero-order chi connectivity index (χ0) is 14.0. The summed E-state index contributed by atoms with van der Waals surface area (Å²) in [6.45, 7) is 1.35. The molecular weight excluding hydrogens is 250 g/mol. The summed E-state index contributed by atoms with van der Waals surface area (Å²) in [5, 5.41) is 31.5. The molecule has 104 valence electrons. The normalized spacial score (nSPS) is 21.5.